The Morgan fingerprint density at radius 1 is 1.21 bits per heavy atom. The molecule has 0 aromatic heterocycles. The summed E-state index contributed by atoms with van der Waals surface area (Å²) in [6, 6.07) is 4.48. The fraction of sp³-hybridized carbons (Fsp3) is 0.350. The molecule has 2 heterocycles. The van der Waals surface area contributed by atoms with Crippen LogP contribution in [-0.2, 0) is 15.1 Å². The molecule has 0 unspecified atom stereocenters. The number of carbonyl (C=O) groups is 3. The molecule has 0 aliphatic carbocycles. The lowest BCUT2D eigenvalue weighted by Crippen LogP contribution is -2.44. The number of fused-ring (bicyclic) bond motifs is 1. The van der Waals surface area contributed by atoms with E-state index in [9.17, 15) is 14.4 Å². The third kappa shape index (κ3) is 3.45. The molecule has 1 aromatic carbocycles. The number of nitrogens with zero attached hydrogens (tertiary/aromatic N) is 2. The minimum atomic E-state index is -1.30. The van der Waals surface area contributed by atoms with E-state index in [1.807, 2.05) is 0 Å². The second-order valence-corrected chi connectivity index (χ2v) is 6.68. The summed E-state index contributed by atoms with van der Waals surface area (Å²) in [5.74, 6) is 0.242. The van der Waals surface area contributed by atoms with E-state index in [0.29, 0.717) is 43.4 Å². The third-order valence-corrected chi connectivity index (χ3v) is 4.74. The Labute approximate surface area is 163 Å². The van der Waals surface area contributed by atoms with Gasteiger partial charge >= 0.3 is 6.03 Å². The van der Waals surface area contributed by atoms with Crippen molar-refractivity contribution in [3.8, 4) is 11.5 Å². The van der Waals surface area contributed by atoms with Crippen molar-refractivity contribution in [2.45, 2.75) is 12.5 Å². The number of carbonyl (C=O) groups excluding carboxylic acids is 3. The molecule has 8 heteroatoms. The van der Waals surface area contributed by atoms with Crippen LogP contribution in [0, 0.1) is 0 Å². The van der Waals surface area contributed by atoms with Crippen LogP contribution in [0.2, 0.25) is 0 Å². The van der Waals surface area contributed by atoms with Gasteiger partial charge in [-0.25, -0.2) is 4.79 Å². The lowest BCUT2D eigenvalue weighted by molar-refractivity contribution is -0.138. The predicted octanol–water partition coefficient (Wildman–Crippen LogP) is 1.43. The van der Waals surface area contributed by atoms with Crippen molar-refractivity contribution in [1.29, 1.82) is 0 Å². The lowest BCUT2D eigenvalue weighted by atomic mass is 9.91. The average molecular weight is 385 g/mol. The summed E-state index contributed by atoms with van der Waals surface area (Å²) in [6.45, 7) is 9.95. The standard InChI is InChI=1S/C20H23N3O5/c1-4-8-22(9-5-2)17(24)13-23-18(25)20(3,21-19(23)26)14-6-7-15-16(12-14)28-11-10-27-15/h4-7,12H,1-2,8-11,13H2,3H3,(H,21,26)/t20-/m1/s1. The molecule has 2 aliphatic heterocycles. The first kappa shape index (κ1) is 19.5. The van der Waals surface area contributed by atoms with Gasteiger partial charge in [-0.15, -0.1) is 13.2 Å². The van der Waals surface area contributed by atoms with Crippen LogP contribution in [0.15, 0.2) is 43.5 Å². The third-order valence-electron chi connectivity index (χ3n) is 4.74. The summed E-state index contributed by atoms with van der Waals surface area (Å²) in [5, 5.41) is 2.69. The Balaban J connectivity index is 1.81. The first-order chi connectivity index (χ1) is 13.4. The normalized spacial score (nSPS) is 20.5. The van der Waals surface area contributed by atoms with Crippen molar-refractivity contribution in [2.75, 3.05) is 32.8 Å². The van der Waals surface area contributed by atoms with Gasteiger partial charge in [0.25, 0.3) is 5.91 Å². The smallest absolute Gasteiger partial charge is 0.325 e. The molecular weight excluding hydrogens is 362 g/mol. The molecule has 8 nitrogen and oxygen atoms in total. The van der Waals surface area contributed by atoms with Gasteiger partial charge in [0.2, 0.25) is 5.91 Å². The molecule has 148 valence electrons. The van der Waals surface area contributed by atoms with Crippen LogP contribution >= 0.6 is 0 Å². The number of hydrogen-bond donors (Lipinski definition) is 1. The van der Waals surface area contributed by atoms with Gasteiger partial charge in [0.05, 0.1) is 0 Å². The molecule has 1 N–H and O–H groups in total. The van der Waals surface area contributed by atoms with E-state index >= 15 is 0 Å². The van der Waals surface area contributed by atoms with E-state index in [0.717, 1.165) is 4.90 Å². The molecular formula is C20H23N3O5. The van der Waals surface area contributed by atoms with Crippen LogP contribution in [0.1, 0.15) is 12.5 Å². The molecule has 0 saturated carbocycles. The highest BCUT2D eigenvalue weighted by Crippen LogP contribution is 2.36. The minimum absolute atomic E-state index is 0.300. The maximum absolute atomic E-state index is 13.0. The first-order valence-electron chi connectivity index (χ1n) is 8.94. The van der Waals surface area contributed by atoms with E-state index in [1.54, 1.807) is 37.3 Å². The van der Waals surface area contributed by atoms with Crippen LogP contribution < -0.4 is 14.8 Å². The summed E-state index contributed by atoms with van der Waals surface area (Å²) < 4.78 is 11.1. The number of nitrogens with one attached hydrogen (secondary N) is 1. The van der Waals surface area contributed by atoms with Crippen molar-refractivity contribution in [1.82, 2.24) is 15.1 Å². The van der Waals surface area contributed by atoms with Crippen LogP contribution in [-0.4, -0.2) is 60.5 Å². The number of hydrogen-bond acceptors (Lipinski definition) is 5. The highest BCUT2D eigenvalue weighted by atomic mass is 16.6. The van der Waals surface area contributed by atoms with E-state index in [4.69, 9.17) is 9.47 Å². The van der Waals surface area contributed by atoms with Crippen LogP contribution in [0.4, 0.5) is 4.79 Å². The topological polar surface area (TPSA) is 88.2 Å². The summed E-state index contributed by atoms with van der Waals surface area (Å²) >= 11 is 0. The van der Waals surface area contributed by atoms with Crippen molar-refractivity contribution in [3.63, 3.8) is 0 Å². The zero-order valence-electron chi connectivity index (χ0n) is 15.8. The second kappa shape index (κ2) is 7.75. The Morgan fingerprint density at radius 2 is 1.86 bits per heavy atom. The molecule has 28 heavy (non-hydrogen) atoms. The van der Waals surface area contributed by atoms with E-state index in [1.165, 1.54) is 4.90 Å². The summed E-state index contributed by atoms with van der Waals surface area (Å²) in [6.07, 6.45) is 3.15. The number of ether oxygens (including phenoxy) is 2. The van der Waals surface area contributed by atoms with Gasteiger partial charge in [-0.05, 0) is 24.6 Å². The van der Waals surface area contributed by atoms with E-state index in [-0.39, 0.29) is 12.5 Å². The molecule has 2 aliphatic rings. The molecule has 1 aromatic rings. The van der Waals surface area contributed by atoms with Crippen LogP contribution in [0.25, 0.3) is 0 Å². The van der Waals surface area contributed by atoms with Crippen LogP contribution in [0.3, 0.4) is 0 Å². The predicted molar refractivity (Wildman–Crippen MR) is 102 cm³/mol. The number of imide groups is 1. The Morgan fingerprint density at radius 3 is 2.50 bits per heavy atom. The largest absolute Gasteiger partial charge is 0.486 e. The average Bonchev–Trinajstić information content (AvgIpc) is 2.91. The summed E-state index contributed by atoms with van der Waals surface area (Å²) in [7, 11) is 0. The zero-order chi connectivity index (χ0) is 20.3. The van der Waals surface area contributed by atoms with E-state index < -0.39 is 17.5 Å². The van der Waals surface area contributed by atoms with Gasteiger partial charge < -0.3 is 19.7 Å². The monoisotopic (exact) mass is 385 g/mol. The number of amides is 4. The van der Waals surface area contributed by atoms with Crippen molar-refractivity contribution in [3.05, 3.63) is 49.1 Å². The number of urea groups is 1. The highest BCUT2D eigenvalue weighted by molar-refractivity contribution is 6.09. The van der Waals surface area contributed by atoms with Crippen molar-refractivity contribution < 1.29 is 23.9 Å². The van der Waals surface area contributed by atoms with Gasteiger partial charge in [0.15, 0.2) is 11.5 Å². The fourth-order valence-corrected chi connectivity index (χ4v) is 3.22. The second-order valence-electron chi connectivity index (χ2n) is 6.68. The van der Waals surface area contributed by atoms with Gasteiger partial charge in [-0.1, -0.05) is 18.2 Å². The molecule has 3 rings (SSSR count). The van der Waals surface area contributed by atoms with Gasteiger partial charge in [-0.2, -0.15) is 0 Å². The zero-order valence-corrected chi connectivity index (χ0v) is 15.8. The summed E-state index contributed by atoms with van der Waals surface area (Å²) in [5.41, 5.74) is -0.742. The Kier molecular flexibility index (Phi) is 5.39. The Bertz CT molecular complexity index is 827. The SMILES string of the molecule is C=CCN(CC=C)C(=O)CN1C(=O)N[C@](C)(c2ccc3c(c2)OCCO3)C1=O. The maximum atomic E-state index is 13.0. The number of benzene rings is 1. The van der Waals surface area contributed by atoms with E-state index in [2.05, 4.69) is 18.5 Å². The minimum Gasteiger partial charge on any atom is -0.486 e. The molecule has 1 atom stereocenters. The fourth-order valence-electron chi connectivity index (χ4n) is 3.22. The quantitative estimate of drug-likeness (QED) is 0.567. The molecule has 0 spiro atoms. The number of rotatable bonds is 7. The van der Waals surface area contributed by atoms with Gasteiger partial charge in [0.1, 0.15) is 25.3 Å². The Hall–Kier alpha value is -3.29. The van der Waals surface area contributed by atoms with Gasteiger partial charge in [-0.3, -0.25) is 14.5 Å². The summed E-state index contributed by atoms with van der Waals surface area (Å²) in [4.78, 5) is 40.4. The van der Waals surface area contributed by atoms with Crippen molar-refractivity contribution >= 4 is 17.8 Å². The maximum Gasteiger partial charge on any atom is 0.325 e. The van der Waals surface area contributed by atoms with Gasteiger partial charge in [0, 0.05) is 13.1 Å². The van der Waals surface area contributed by atoms with Crippen LogP contribution in [0.5, 0.6) is 11.5 Å². The molecule has 1 fully saturated rings. The molecule has 1 saturated heterocycles. The lowest BCUT2D eigenvalue weighted by Gasteiger charge is -2.26. The highest BCUT2D eigenvalue weighted by Gasteiger charge is 2.50. The molecule has 4 amide bonds. The van der Waals surface area contributed by atoms with Crippen molar-refractivity contribution in [2.24, 2.45) is 0 Å². The molecule has 0 radical (unpaired) electrons. The molecule has 0 bridgehead atoms. The first-order valence-corrected chi connectivity index (χ1v) is 8.94.